The predicted octanol–water partition coefficient (Wildman–Crippen LogP) is 2.24. The van der Waals surface area contributed by atoms with Crippen molar-refractivity contribution in [2.45, 2.75) is 51.5 Å². The van der Waals surface area contributed by atoms with E-state index in [0.717, 1.165) is 54.6 Å². The molecule has 0 spiro atoms. The van der Waals surface area contributed by atoms with Crippen molar-refractivity contribution in [3.63, 3.8) is 0 Å². The number of hydrogen-bond acceptors (Lipinski definition) is 4. The second kappa shape index (κ2) is 8.94. The van der Waals surface area contributed by atoms with Crippen LogP contribution in [0.2, 0.25) is 0 Å². The molecular formula is C19H28N2O3. The Morgan fingerprint density at radius 2 is 1.92 bits per heavy atom. The Balaban J connectivity index is 2.17. The fraction of sp³-hybridized carbons (Fsp3) is 0.579. The average Bonchev–Trinajstić information content (AvgIpc) is 2.59. The van der Waals surface area contributed by atoms with E-state index in [0.29, 0.717) is 6.42 Å². The summed E-state index contributed by atoms with van der Waals surface area (Å²) in [5, 5.41) is 8.89. The lowest BCUT2D eigenvalue weighted by Gasteiger charge is -2.27. The molecule has 1 atom stereocenters. The number of carboxylic acid groups (broad SMARTS) is 1. The van der Waals surface area contributed by atoms with E-state index in [-0.39, 0.29) is 6.42 Å². The maximum atomic E-state index is 11.3. The molecule has 1 fully saturated rings. The molecule has 1 aliphatic rings. The van der Waals surface area contributed by atoms with Crippen molar-refractivity contribution in [2.24, 2.45) is 5.73 Å². The van der Waals surface area contributed by atoms with Crippen molar-refractivity contribution in [3.8, 4) is 0 Å². The Hall–Kier alpha value is -1.72. The van der Waals surface area contributed by atoms with Crippen LogP contribution >= 0.6 is 0 Å². The molecule has 1 saturated heterocycles. The summed E-state index contributed by atoms with van der Waals surface area (Å²) in [5.74, 6) is -0.815. The molecule has 0 amide bonds. The molecule has 0 aromatic heterocycles. The van der Waals surface area contributed by atoms with Gasteiger partial charge in [0.15, 0.2) is 0 Å². The molecule has 5 nitrogen and oxygen atoms in total. The highest BCUT2D eigenvalue weighted by Gasteiger charge is 2.18. The maximum Gasteiger partial charge on any atom is 0.303 e. The number of aldehydes is 1. The van der Waals surface area contributed by atoms with Crippen LogP contribution in [0.5, 0.6) is 0 Å². The number of carboxylic acids is 1. The van der Waals surface area contributed by atoms with Crippen LogP contribution in [0.3, 0.4) is 0 Å². The van der Waals surface area contributed by atoms with Crippen LogP contribution in [0.4, 0.5) is 0 Å². The van der Waals surface area contributed by atoms with E-state index in [1.807, 2.05) is 19.1 Å². The highest BCUT2D eigenvalue weighted by atomic mass is 16.4. The minimum Gasteiger partial charge on any atom is -0.481 e. The first kappa shape index (κ1) is 18.6. The van der Waals surface area contributed by atoms with Gasteiger partial charge < -0.3 is 20.5 Å². The van der Waals surface area contributed by atoms with Gasteiger partial charge in [-0.05, 0) is 68.0 Å². The zero-order valence-corrected chi connectivity index (χ0v) is 14.5. The zero-order valence-electron chi connectivity index (χ0n) is 14.5. The van der Waals surface area contributed by atoms with Crippen molar-refractivity contribution >= 4 is 12.3 Å². The van der Waals surface area contributed by atoms with Gasteiger partial charge in [0.1, 0.15) is 6.29 Å². The number of likely N-dealkylation sites (tertiary alicyclic amines) is 1. The lowest BCUT2D eigenvalue weighted by atomic mass is 9.89. The quantitative estimate of drug-likeness (QED) is 0.713. The van der Waals surface area contributed by atoms with Gasteiger partial charge in [0.05, 0.1) is 6.04 Å². The van der Waals surface area contributed by atoms with E-state index in [1.165, 1.54) is 19.3 Å². The van der Waals surface area contributed by atoms with Crippen LogP contribution in [-0.2, 0) is 22.4 Å². The van der Waals surface area contributed by atoms with Crippen molar-refractivity contribution in [2.75, 3.05) is 19.6 Å². The van der Waals surface area contributed by atoms with Gasteiger partial charge in [-0.25, -0.2) is 0 Å². The molecular weight excluding hydrogens is 304 g/mol. The normalized spacial score (nSPS) is 16.8. The van der Waals surface area contributed by atoms with E-state index in [2.05, 4.69) is 4.90 Å². The number of benzene rings is 1. The van der Waals surface area contributed by atoms with Crippen molar-refractivity contribution in [1.82, 2.24) is 4.90 Å². The minimum absolute atomic E-state index is 0.0870. The topological polar surface area (TPSA) is 83.6 Å². The standard InChI is InChI=1S/C19H28N2O3/c1-14-15(7-8-18(23)24)5-6-16(19(14)17(20)13-22)9-12-21-10-3-2-4-11-21/h5-6,13,17H,2-4,7-12,20H2,1H3,(H,23,24). The summed E-state index contributed by atoms with van der Waals surface area (Å²) >= 11 is 0. The van der Waals surface area contributed by atoms with Crippen LogP contribution in [0, 0.1) is 6.92 Å². The van der Waals surface area contributed by atoms with Gasteiger partial charge in [0.25, 0.3) is 0 Å². The van der Waals surface area contributed by atoms with Crippen molar-refractivity contribution in [3.05, 3.63) is 34.4 Å². The molecule has 3 N–H and O–H groups in total. The number of carbonyl (C=O) groups is 2. The average molecular weight is 332 g/mol. The highest BCUT2D eigenvalue weighted by Crippen LogP contribution is 2.25. The van der Waals surface area contributed by atoms with Gasteiger partial charge in [-0.1, -0.05) is 18.6 Å². The number of carbonyl (C=O) groups excluding carboxylic acids is 1. The molecule has 0 saturated carbocycles. The van der Waals surface area contributed by atoms with Crippen molar-refractivity contribution < 1.29 is 14.7 Å². The van der Waals surface area contributed by atoms with E-state index in [4.69, 9.17) is 10.8 Å². The molecule has 0 radical (unpaired) electrons. The molecule has 0 aliphatic carbocycles. The zero-order chi connectivity index (χ0) is 17.5. The first-order valence-corrected chi connectivity index (χ1v) is 8.79. The third kappa shape index (κ3) is 4.89. The number of nitrogens with two attached hydrogens (primary N) is 1. The van der Waals surface area contributed by atoms with Gasteiger partial charge in [-0.15, -0.1) is 0 Å². The highest BCUT2D eigenvalue weighted by molar-refractivity contribution is 5.68. The van der Waals surface area contributed by atoms with Crippen LogP contribution in [-0.4, -0.2) is 41.9 Å². The summed E-state index contributed by atoms with van der Waals surface area (Å²) in [5.41, 5.74) is 9.95. The van der Waals surface area contributed by atoms with Gasteiger partial charge in [-0.2, -0.15) is 0 Å². The molecule has 1 unspecified atom stereocenters. The van der Waals surface area contributed by atoms with Crippen LogP contribution in [0.1, 0.15) is 54.0 Å². The van der Waals surface area contributed by atoms with Gasteiger partial charge in [0.2, 0.25) is 0 Å². The van der Waals surface area contributed by atoms with E-state index in [9.17, 15) is 9.59 Å². The van der Waals surface area contributed by atoms with E-state index < -0.39 is 12.0 Å². The fourth-order valence-electron chi connectivity index (χ4n) is 3.55. The lowest BCUT2D eigenvalue weighted by Crippen LogP contribution is -2.32. The number of aliphatic carboxylic acids is 1. The Labute approximate surface area is 143 Å². The van der Waals surface area contributed by atoms with Gasteiger partial charge in [-0.3, -0.25) is 4.79 Å². The molecule has 1 aliphatic heterocycles. The smallest absolute Gasteiger partial charge is 0.303 e. The number of aryl methyl sites for hydroxylation is 1. The number of rotatable bonds is 8. The third-order valence-corrected chi connectivity index (χ3v) is 4.95. The number of piperidine rings is 1. The Kier molecular flexibility index (Phi) is 6.94. The number of nitrogens with zero attached hydrogens (tertiary/aromatic N) is 1. The van der Waals surface area contributed by atoms with E-state index in [1.54, 1.807) is 0 Å². The fourth-order valence-corrected chi connectivity index (χ4v) is 3.55. The van der Waals surface area contributed by atoms with Crippen LogP contribution < -0.4 is 5.73 Å². The molecule has 24 heavy (non-hydrogen) atoms. The van der Waals surface area contributed by atoms with Gasteiger partial charge in [0, 0.05) is 13.0 Å². The molecule has 132 valence electrons. The summed E-state index contributed by atoms with van der Waals surface area (Å²) in [6, 6.07) is 3.36. The summed E-state index contributed by atoms with van der Waals surface area (Å²) < 4.78 is 0. The van der Waals surface area contributed by atoms with Crippen molar-refractivity contribution in [1.29, 1.82) is 0 Å². The lowest BCUT2D eigenvalue weighted by molar-refractivity contribution is -0.137. The third-order valence-electron chi connectivity index (χ3n) is 4.95. The molecule has 5 heteroatoms. The number of hydrogen-bond donors (Lipinski definition) is 2. The Morgan fingerprint density at radius 3 is 2.54 bits per heavy atom. The second-order valence-electron chi connectivity index (χ2n) is 6.63. The Bertz CT molecular complexity index is 580. The predicted molar refractivity (Wildman–Crippen MR) is 94.1 cm³/mol. The monoisotopic (exact) mass is 332 g/mol. The molecule has 1 aromatic carbocycles. The largest absolute Gasteiger partial charge is 0.481 e. The second-order valence-corrected chi connectivity index (χ2v) is 6.63. The molecule has 1 heterocycles. The van der Waals surface area contributed by atoms with Crippen LogP contribution in [0.25, 0.3) is 0 Å². The first-order chi connectivity index (χ1) is 11.5. The summed E-state index contributed by atoms with van der Waals surface area (Å²) in [4.78, 5) is 24.5. The Morgan fingerprint density at radius 1 is 1.25 bits per heavy atom. The summed E-state index contributed by atoms with van der Waals surface area (Å²) in [6.45, 7) is 5.21. The maximum absolute atomic E-state index is 11.3. The minimum atomic E-state index is -0.815. The van der Waals surface area contributed by atoms with Gasteiger partial charge >= 0.3 is 5.97 Å². The molecule has 0 bridgehead atoms. The first-order valence-electron chi connectivity index (χ1n) is 8.79. The molecule has 1 aromatic rings. The summed E-state index contributed by atoms with van der Waals surface area (Å²) in [6.07, 6.45) is 6.03. The molecule has 2 rings (SSSR count). The van der Waals surface area contributed by atoms with E-state index >= 15 is 0 Å². The summed E-state index contributed by atoms with van der Waals surface area (Å²) in [7, 11) is 0. The SMILES string of the molecule is Cc1c(CCC(=O)O)ccc(CCN2CCCCC2)c1C(N)C=O. The van der Waals surface area contributed by atoms with Crippen LogP contribution in [0.15, 0.2) is 12.1 Å².